The number of piperidine rings is 2. The van der Waals surface area contributed by atoms with E-state index < -0.39 is 17.2 Å². The van der Waals surface area contributed by atoms with E-state index in [4.69, 9.17) is 37.0 Å². The normalized spacial score (nSPS) is 29.2. The van der Waals surface area contributed by atoms with Crippen LogP contribution >= 0.6 is 0 Å². The predicted octanol–water partition coefficient (Wildman–Crippen LogP) is 6.37. The Morgan fingerprint density at radius 3 is 2.60 bits per heavy atom. The molecule has 0 bridgehead atoms. The molecule has 0 amide bonds. The molecule has 2 saturated carbocycles. The summed E-state index contributed by atoms with van der Waals surface area (Å²) >= 11 is 0. The predicted molar refractivity (Wildman–Crippen MR) is 204 cm³/mol. The number of β-amino-alcohol motifs (C(OH)–C–C–N with tert-alkyl or cyclic N) is 1. The third kappa shape index (κ3) is 5.92. The molecule has 10 nitrogen and oxygen atoms in total. The number of pyridine rings is 1. The van der Waals surface area contributed by atoms with Crippen LogP contribution in [0.3, 0.4) is 0 Å². The van der Waals surface area contributed by atoms with Crippen LogP contribution in [0, 0.1) is 47.2 Å². The summed E-state index contributed by atoms with van der Waals surface area (Å²) in [7, 11) is 1.40. The Balaban J connectivity index is 1.14. The number of aliphatic hydroxyl groups is 1. The summed E-state index contributed by atoms with van der Waals surface area (Å²) in [5.74, 6) is 3.44. The zero-order valence-electron chi connectivity index (χ0n) is 31.0. The summed E-state index contributed by atoms with van der Waals surface area (Å²) < 4.78 is 50.6. The Bertz CT molecular complexity index is 2280. The number of ether oxygens (including phenoxy) is 3. The lowest BCUT2D eigenvalue weighted by Crippen LogP contribution is -2.60. The number of methoxy groups -OCH3 is 1. The van der Waals surface area contributed by atoms with E-state index >= 15 is 8.78 Å². The van der Waals surface area contributed by atoms with E-state index in [9.17, 15) is 10.2 Å². The van der Waals surface area contributed by atoms with Gasteiger partial charge in [-0.25, -0.2) is 13.8 Å². The highest BCUT2D eigenvalue weighted by Crippen LogP contribution is 2.55. The Morgan fingerprint density at radius 1 is 1.02 bits per heavy atom. The second kappa shape index (κ2) is 13.5. The molecule has 5 fully saturated rings. The highest BCUT2D eigenvalue weighted by molar-refractivity contribution is 6.04. The fourth-order valence-electron chi connectivity index (χ4n) is 10.5. The Labute approximate surface area is 319 Å². The van der Waals surface area contributed by atoms with Crippen LogP contribution in [0.4, 0.5) is 14.6 Å². The molecule has 2 aliphatic carbocycles. The van der Waals surface area contributed by atoms with Crippen LogP contribution < -0.4 is 14.4 Å². The van der Waals surface area contributed by atoms with Crippen molar-refractivity contribution in [2.45, 2.75) is 81.9 Å². The highest BCUT2D eigenvalue weighted by atomic mass is 19.1. The number of aromatic hydroxyl groups is 1. The van der Waals surface area contributed by atoms with Crippen molar-refractivity contribution in [3.05, 3.63) is 41.5 Å². The zero-order chi connectivity index (χ0) is 38.1. The lowest BCUT2D eigenvalue weighted by atomic mass is 9.63. The number of likely N-dealkylation sites (tertiary alicyclic amines) is 1. The quantitative estimate of drug-likeness (QED) is 0.207. The molecule has 3 saturated heterocycles. The van der Waals surface area contributed by atoms with Crippen LogP contribution in [0.1, 0.15) is 69.8 Å². The number of hydrogen-bond acceptors (Lipinski definition) is 10. The molecular weight excluding hydrogens is 704 g/mol. The SMILES string of the molecule is C#Cc1c(F)ccc2cc(O)cc(-c3nc(OC)c4c(N5CCC[C@](O)(C#C)C5)nc(OC[C@]56CCCC5N(C5CC7(CCOC7)C5)CCC6)nc4c3F)c12. The standard InChI is InChI=1S/C43H45F2N5O5/c1-4-29-31(44)11-10-26-19-28(51)20-30(33(26)29)36-35(45)37-34(39(46-36)53-3)38(49-16-8-14-43(52,5-2)23-49)48-40(47-37)55-25-42-12-6-9-32(42)50(17-7-13-42)27-21-41(22-27)15-18-54-24-41/h1-2,10-11,19-20,27,32,51-52H,6-9,12-18,21-25H2,3H3/t27?,32?,41?,42-,43-/m1/s1. The van der Waals surface area contributed by atoms with Crippen molar-refractivity contribution in [1.82, 2.24) is 19.9 Å². The molecule has 286 valence electrons. The summed E-state index contributed by atoms with van der Waals surface area (Å²) in [4.78, 5) is 18.7. The van der Waals surface area contributed by atoms with Gasteiger partial charge in [-0.2, -0.15) is 9.97 Å². The van der Waals surface area contributed by atoms with Gasteiger partial charge in [0.15, 0.2) is 5.82 Å². The summed E-state index contributed by atoms with van der Waals surface area (Å²) in [5, 5.41) is 22.7. The fourth-order valence-corrected chi connectivity index (χ4v) is 10.5. The number of phenolic OH excluding ortho intramolecular Hbond substituents is 1. The van der Waals surface area contributed by atoms with Crippen LogP contribution in [0.25, 0.3) is 32.9 Å². The van der Waals surface area contributed by atoms with Gasteiger partial charge in [-0.15, -0.1) is 12.8 Å². The largest absolute Gasteiger partial charge is 0.508 e. The van der Waals surface area contributed by atoms with Crippen molar-refractivity contribution in [3.63, 3.8) is 0 Å². The molecule has 12 heteroatoms. The van der Waals surface area contributed by atoms with Crippen LogP contribution in [-0.2, 0) is 4.74 Å². The molecule has 1 unspecified atom stereocenters. The molecule has 1 spiro atoms. The molecule has 5 heterocycles. The summed E-state index contributed by atoms with van der Waals surface area (Å²) in [5.41, 5.74) is -1.60. The minimum atomic E-state index is -1.43. The first-order valence-electron chi connectivity index (χ1n) is 19.4. The summed E-state index contributed by atoms with van der Waals surface area (Å²) in [6.07, 6.45) is 21.3. The molecule has 3 aliphatic heterocycles. The monoisotopic (exact) mass is 749 g/mol. The molecule has 2 aromatic heterocycles. The van der Waals surface area contributed by atoms with E-state index in [1.807, 2.05) is 0 Å². The van der Waals surface area contributed by atoms with Crippen molar-refractivity contribution >= 4 is 27.5 Å². The van der Waals surface area contributed by atoms with Gasteiger partial charge >= 0.3 is 6.01 Å². The third-order valence-corrected chi connectivity index (χ3v) is 13.2. The lowest BCUT2D eigenvalue weighted by molar-refractivity contribution is -0.0813. The summed E-state index contributed by atoms with van der Waals surface area (Å²) in [6, 6.07) is 6.30. The van der Waals surface area contributed by atoms with E-state index in [2.05, 4.69) is 21.7 Å². The number of rotatable bonds is 7. The van der Waals surface area contributed by atoms with E-state index in [1.54, 1.807) is 4.90 Å². The number of nitrogens with zero attached hydrogens (tertiary/aromatic N) is 5. The number of benzene rings is 2. The molecule has 5 aliphatic rings. The molecule has 2 aromatic carbocycles. The van der Waals surface area contributed by atoms with Crippen molar-refractivity contribution in [2.24, 2.45) is 10.8 Å². The van der Waals surface area contributed by atoms with Crippen molar-refractivity contribution in [1.29, 1.82) is 0 Å². The number of phenols is 1. The first-order chi connectivity index (χ1) is 26.6. The Kier molecular flexibility index (Phi) is 8.80. The second-order valence-electron chi connectivity index (χ2n) is 16.5. The van der Waals surface area contributed by atoms with Gasteiger partial charge in [-0.3, -0.25) is 4.90 Å². The van der Waals surface area contributed by atoms with Gasteiger partial charge in [-0.1, -0.05) is 24.3 Å². The molecule has 55 heavy (non-hydrogen) atoms. The van der Waals surface area contributed by atoms with E-state index in [-0.39, 0.29) is 68.5 Å². The van der Waals surface area contributed by atoms with Gasteiger partial charge in [0.05, 0.1) is 32.4 Å². The maximum Gasteiger partial charge on any atom is 0.319 e. The van der Waals surface area contributed by atoms with Crippen molar-refractivity contribution in [3.8, 4) is 53.6 Å². The van der Waals surface area contributed by atoms with Crippen LogP contribution in [-0.4, -0.2) is 94.3 Å². The maximum atomic E-state index is 17.3. The Hall–Kier alpha value is -4.75. The van der Waals surface area contributed by atoms with Crippen LogP contribution in [0.15, 0.2) is 24.3 Å². The smallest absolute Gasteiger partial charge is 0.319 e. The molecule has 0 radical (unpaired) electrons. The van der Waals surface area contributed by atoms with Gasteiger partial charge in [-0.05, 0) is 93.3 Å². The summed E-state index contributed by atoms with van der Waals surface area (Å²) in [6.45, 7) is 3.69. The van der Waals surface area contributed by atoms with Gasteiger partial charge in [0.2, 0.25) is 5.88 Å². The second-order valence-corrected chi connectivity index (χ2v) is 16.5. The van der Waals surface area contributed by atoms with E-state index in [1.165, 1.54) is 44.2 Å². The van der Waals surface area contributed by atoms with Gasteiger partial charge < -0.3 is 29.3 Å². The average molecular weight is 750 g/mol. The van der Waals surface area contributed by atoms with Crippen LogP contribution in [0.2, 0.25) is 0 Å². The third-order valence-electron chi connectivity index (χ3n) is 13.2. The average Bonchev–Trinajstić information content (AvgIpc) is 3.85. The zero-order valence-corrected chi connectivity index (χ0v) is 31.0. The highest BCUT2D eigenvalue weighted by Gasteiger charge is 2.55. The number of terminal acetylenes is 2. The number of anilines is 1. The minimum absolute atomic E-state index is 0.0127. The molecule has 9 rings (SSSR count). The molecule has 3 atom stereocenters. The molecule has 2 N–H and O–H groups in total. The van der Waals surface area contributed by atoms with E-state index in [0.717, 1.165) is 58.3 Å². The van der Waals surface area contributed by atoms with Crippen molar-refractivity contribution in [2.75, 3.05) is 51.5 Å². The van der Waals surface area contributed by atoms with Gasteiger partial charge in [0.1, 0.15) is 39.6 Å². The fraction of sp³-hybridized carbons (Fsp3) is 0.512. The lowest BCUT2D eigenvalue weighted by Gasteiger charge is -2.56. The molecule has 4 aromatic rings. The van der Waals surface area contributed by atoms with Gasteiger partial charge in [0, 0.05) is 41.6 Å². The number of halogens is 2. The number of aromatic nitrogens is 3. The first-order valence-corrected chi connectivity index (χ1v) is 19.4. The number of fused-ring (bicyclic) bond motifs is 3. The molecular formula is C43H45F2N5O5. The van der Waals surface area contributed by atoms with E-state index in [0.29, 0.717) is 48.9 Å². The Morgan fingerprint density at radius 2 is 1.84 bits per heavy atom. The topological polar surface area (TPSA) is 113 Å². The number of hydrogen-bond donors (Lipinski definition) is 2. The van der Waals surface area contributed by atoms with Crippen LogP contribution in [0.5, 0.6) is 17.6 Å². The minimum Gasteiger partial charge on any atom is -0.508 e. The van der Waals surface area contributed by atoms with Gasteiger partial charge in [0.25, 0.3) is 0 Å². The first kappa shape index (κ1) is 35.9. The van der Waals surface area contributed by atoms with Crippen molar-refractivity contribution < 1.29 is 33.2 Å². The maximum absolute atomic E-state index is 17.3.